The predicted octanol–water partition coefficient (Wildman–Crippen LogP) is 8.77. The van der Waals surface area contributed by atoms with Crippen molar-refractivity contribution in [2.45, 2.75) is 148 Å². The largest absolute Gasteiger partial charge is 0.503 e. The fourth-order valence-corrected chi connectivity index (χ4v) is 3.75. The molecular formula is C25H53NO3. The van der Waals surface area contributed by atoms with Gasteiger partial charge in [-0.1, -0.05) is 142 Å². The Kier molecular flexibility index (Phi) is 30.9. The third kappa shape index (κ3) is 38.5. The molecule has 4 N–H and O–H groups in total. The molecule has 0 bridgehead atoms. The van der Waals surface area contributed by atoms with Crippen LogP contribution in [0.15, 0.2) is 0 Å². The molecule has 0 atom stereocenters. The number of hydrogen-bond acceptors (Lipinski definition) is 2. The summed E-state index contributed by atoms with van der Waals surface area (Å²) in [5, 5.41) is 13.9. The Hall–Kier alpha value is -0.770. The second kappa shape index (κ2) is 29.4. The molecule has 0 aromatic carbocycles. The second-order valence-corrected chi connectivity index (χ2v) is 8.50. The van der Waals surface area contributed by atoms with E-state index in [9.17, 15) is 0 Å². The maximum Gasteiger partial charge on any atom is 0.503 e. The van der Waals surface area contributed by atoms with Crippen molar-refractivity contribution in [2.75, 3.05) is 6.54 Å². The number of carbonyl (C=O) groups is 1. The van der Waals surface area contributed by atoms with Crippen LogP contribution in [0.2, 0.25) is 0 Å². The average Bonchev–Trinajstić information content (AvgIpc) is 2.69. The lowest BCUT2D eigenvalue weighted by Gasteiger charge is -2.04. The Morgan fingerprint density at radius 3 is 0.828 bits per heavy atom. The van der Waals surface area contributed by atoms with Gasteiger partial charge in [-0.25, -0.2) is 4.79 Å². The van der Waals surface area contributed by atoms with E-state index in [4.69, 9.17) is 20.7 Å². The van der Waals surface area contributed by atoms with Gasteiger partial charge < -0.3 is 15.9 Å². The third-order valence-corrected chi connectivity index (χ3v) is 5.56. The van der Waals surface area contributed by atoms with Crippen molar-refractivity contribution in [1.82, 2.24) is 0 Å². The minimum atomic E-state index is -1.83. The third-order valence-electron chi connectivity index (χ3n) is 5.56. The van der Waals surface area contributed by atoms with E-state index in [0.29, 0.717) is 0 Å². The van der Waals surface area contributed by atoms with Crippen LogP contribution < -0.4 is 5.73 Å². The number of carboxylic acid groups (broad SMARTS) is 2. The maximum atomic E-state index is 8.56. The van der Waals surface area contributed by atoms with E-state index in [0.717, 1.165) is 6.54 Å². The van der Waals surface area contributed by atoms with Gasteiger partial charge in [0.05, 0.1) is 0 Å². The zero-order valence-electron chi connectivity index (χ0n) is 19.6. The van der Waals surface area contributed by atoms with Gasteiger partial charge in [-0.15, -0.1) is 0 Å². The van der Waals surface area contributed by atoms with Crippen LogP contribution in [0.5, 0.6) is 0 Å². The normalized spacial score (nSPS) is 10.6. The summed E-state index contributed by atoms with van der Waals surface area (Å²) in [5.41, 5.74) is 5.51. The van der Waals surface area contributed by atoms with E-state index in [2.05, 4.69) is 6.92 Å². The Labute approximate surface area is 182 Å². The Morgan fingerprint density at radius 2 is 0.655 bits per heavy atom. The van der Waals surface area contributed by atoms with Crippen molar-refractivity contribution in [1.29, 1.82) is 0 Å². The maximum absolute atomic E-state index is 8.56. The molecule has 0 aliphatic carbocycles. The highest BCUT2D eigenvalue weighted by atomic mass is 16.6. The molecule has 0 spiro atoms. The molecule has 4 heteroatoms. The van der Waals surface area contributed by atoms with E-state index in [1.807, 2.05) is 0 Å². The molecule has 176 valence electrons. The highest BCUT2D eigenvalue weighted by Gasteiger charge is 1.95. The first kappa shape index (κ1) is 30.4. The lowest BCUT2D eigenvalue weighted by atomic mass is 10.0. The highest BCUT2D eigenvalue weighted by Crippen LogP contribution is 2.15. The van der Waals surface area contributed by atoms with E-state index < -0.39 is 6.16 Å². The quantitative estimate of drug-likeness (QED) is 0.154. The summed E-state index contributed by atoms with van der Waals surface area (Å²) in [6, 6.07) is 0. The molecule has 0 saturated carbocycles. The molecule has 0 aliphatic heterocycles. The molecule has 0 saturated heterocycles. The van der Waals surface area contributed by atoms with Crippen LogP contribution in [0, 0.1) is 0 Å². The van der Waals surface area contributed by atoms with Gasteiger partial charge >= 0.3 is 6.16 Å². The van der Waals surface area contributed by atoms with Gasteiger partial charge in [-0.05, 0) is 13.0 Å². The summed E-state index contributed by atoms with van der Waals surface area (Å²) in [5.74, 6) is 0. The molecule has 0 rings (SSSR count). The highest BCUT2D eigenvalue weighted by molar-refractivity contribution is 5.53. The first-order valence-electron chi connectivity index (χ1n) is 12.8. The number of rotatable bonds is 22. The summed E-state index contributed by atoms with van der Waals surface area (Å²) in [4.78, 5) is 8.56. The fraction of sp³-hybridized carbons (Fsp3) is 0.960. The van der Waals surface area contributed by atoms with Crippen molar-refractivity contribution in [3.05, 3.63) is 0 Å². The Balaban J connectivity index is 0. The molecule has 4 nitrogen and oxygen atoms in total. The van der Waals surface area contributed by atoms with Crippen molar-refractivity contribution >= 4 is 6.16 Å². The van der Waals surface area contributed by atoms with Gasteiger partial charge in [0.25, 0.3) is 0 Å². The lowest BCUT2D eigenvalue weighted by molar-refractivity contribution is 0.137. The van der Waals surface area contributed by atoms with Crippen LogP contribution in [0.3, 0.4) is 0 Å². The molecule has 0 heterocycles. The van der Waals surface area contributed by atoms with Gasteiger partial charge in [0, 0.05) is 0 Å². The van der Waals surface area contributed by atoms with Crippen LogP contribution in [-0.2, 0) is 0 Å². The summed E-state index contributed by atoms with van der Waals surface area (Å²) < 4.78 is 0. The molecule has 0 fully saturated rings. The fourth-order valence-electron chi connectivity index (χ4n) is 3.75. The van der Waals surface area contributed by atoms with Gasteiger partial charge in [-0.2, -0.15) is 0 Å². The molecule has 0 aliphatic rings. The predicted molar refractivity (Wildman–Crippen MR) is 127 cm³/mol. The molecule has 0 unspecified atom stereocenters. The topological polar surface area (TPSA) is 83.6 Å². The zero-order chi connectivity index (χ0) is 21.8. The van der Waals surface area contributed by atoms with Gasteiger partial charge in [-0.3, -0.25) is 0 Å². The second-order valence-electron chi connectivity index (χ2n) is 8.50. The standard InChI is InChI=1S/C24H51N.CH2O3/c1-2-3-4-5-6-7-8-9-10-11-12-13-14-15-16-17-18-19-20-21-22-23-24-25;2-1(3)4/h2-25H2,1H3;(H2,2,3,4). The van der Waals surface area contributed by atoms with E-state index in [1.165, 1.54) is 141 Å². The summed E-state index contributed by atoms with van der Waals surface area (Å²) >= 11 is 0. The van der Waals surface area contributed by atoms with Crippen LogP contribution in [-0.4, -0.2) is 22.9 Å². The van der Waals surface area contributed by atoms with Gasteiger partial charge in [0.2, 0.25) is 0 Å². The van der Waals surface area contributed by atoms with Crippen molar-refractivity contribution < 1.29 is 15.0 Å². The minimum absolute atomic E-state index is 0.874. The molecule has 0 amide bonds. The monoisotopic (exact) mass is 415 g/mol. The van der Waals surface area contributed by atoms with Crippen LogP contribution >= 0.6 is 0 Å². The number of nitrogens with two attached hydrogens (primary N) is 1. The first-order valence-corrected chi connectivity index (χ1v) is 12.8. The number of unbranched alkanes of at least 4 members (excludes halogenated alkanes) is 21. The summed E-state index contributed by atoms with van der Waals surface area (Å²) in [6.07, 6.45) is 30.0. The van der Waals surface area contributed by atoms with E-state index >= 15 is 0 Å². The minimum Gasteiger partial charge on any atom is -0.450 e. The number of hydrogen-bond donors (Lipinski definition) is 3. The van der Waals surface area contributed by atoms with Crippen molar-refractivity contribution in [2.24, 2.45) is 5.73 Å². The Bertz CT molecular complexity index is 272. The zero-order valence-corrected chi connectivity index (χ0v) is 19.6. The van der Waals surface area contributed by atoms with E-state index in [1.54, 1.807) is 0 Å². The molecule has 29 heavy (non-hydrogen) atoms. The Morgan fingerprint density at radius 1 is 0.483 bits per heavy atom. The SMILES string of the molecule is CCCCCCCCCCCCCCCCCCCCCCCCN.O=C(O)O. The smallest absolute Gasteiger partial charge is 0.450 e. The van der Waals surface area contributed by atoms with E-state index in [-0.39, 0.29) is 0 Å². The van der Waals surface area contributed by atoms with Crippen LogP contribution in [0.25, 0.3) is 0 Å². The summed E-state index contributed by atoms with van der Waals surface area (Å²) in [7, 11) is 0. The molecule has 0 radical (unpaired) electrons. The van der Waals surface area contributed by atoms with Crippen LogP contribution in [0.4, 0.5) is 4.79 Å². The van der Waals surface area contributed by atoms with Crippen LogP contribution in [0.1, 0.15) is 148 Å². The first-order chi connectivity index (χ1) is 14.1. The van der Waals surface area contributed by atoms with Gasteiger partial charge in [0.1, 0.15) is 0 Å². The van der Waals surface area contributed by atoms with Crippen molar-refractivity contribution in [3.8, 4) is 0 Å². The summed E-state index contributed by atoms with van der Waals surface area (Å²) in [6.45, 7) is 3.17. The van der Waals surface area contributed by atoms with Gasteiger partial charge in [0.15, 0.2) is 0 Å². The van der Waals surface area contributed by atoms with Crippen molar-refractivity contribution in [3.63, 3.8) is 0 Å². The molecular weight excluding hydrogens is 362 g/mol. The molecule has 0 aromatic rings. The average molecular weight is 416 g/mol. The lowest BCUT2D eigenvalue weighted by Crippen LogP contribution is -1.97. The molecule has 0 aromatic heterocycles.